The fourth-order valence-corrected chi connectivity index (χ4v) is 3.00. The molecule has 2 rings (SSSR count). The van der Waals surface area contributed by atoms with Crippen LogP contribution in [0.25, 0.3) is 0 Å². The van der Waals surface area contributed by atoms with E-state index in [-0.39, 0.29) is 11.6 Å². The number of nitrogens with one attached hydrogen (secondary N) is 1. The van der Waals surface area contributed by atoms with Gasteiger partial charge in [-0.15, -0.1) is 0 Å². The predicted molar refractivity (Wildman–Crippen MR) is 97.2 cm³/mol. The van der Waals surface area contributed by atoms with Gasteiger partial charge in [0.25, 0.3) is 0 Å². The summed E-state index contributed by atoms with van der Waals surface area (Å²) in [6.45, 7) is 1.54. The van der Waals surface area contributed by atoms with Gasteiger partial charge in [0.2, 0.25) is 5.78 Å². The Morgan fingerprint density at radius 1 is 0.792 bits per heavy atom. The van der Waals surface area contributed by atoms with Crippen LogP contribution in [0.4, 0.5) is 0 Å². The van der Waals surface area contributed by atoms with Gasteiger partial charge >= 0.3 is 0 Å². The highest BCUT2D eigenvalue weighted by Crippen LogP contribution is 2.19. The zero-order valence-electron chi connectivity index (χ0n) is 14.4. The summed E-state index contributed by atoms with van der Waals surface area (Å²) in [5, 5.41) is 3.14. The lowest BCUT2D eigenvalue weighted by Gasteiger charge is -2.16. The van der Waals surface area contributed by atoms with Crippen LogP contribution < -0.4 is 11.1 Å². The standard InChI is InChI=1S/C20H28N2O2/c21-13-9-5-3-1-2-4-6-10-14-22-18-15-19(23)16-11-7-8-12-17(16)20(18)24/h7-8,11-12,15,22H,1-6,9-10,13-14,21H2. The van der Waals surface area contributed by atoms with E-state index in [1.165, 1.54) is 38.2 Å². The third kappa shape index (κ3) is 5.31. The summed E-state index contributed by atoms with van der Waals surface area (Å²) >= 11 is 0. The molecule has 4 nitrogen and oxygen atoms in total. The van der Waals surface area contributed by atoms with E-state index in [0.29, 0.717) is 16.8 Å². The fourth-order valence-electron chi connectivity index (χ4n) is 3.00. The maximum absolute atomic E-state index is 12.4. The topological polar surface area (TPSA) is 72.2 Å². The number of fused-ring (bicyclic) bond motifs is 1. The molecular formula is C20H28N2O2. The van der Waals surface area contributed by atoms with Crippen molar-refractivity contribution in [3.63, 3.8) is 0 Å². The van der Waals surface area contributed by atoms with Crippen molar-refractivity contribution in [3.8, 4) is 0 Å². The van der Waals surface area contributed by atoms with Crippen molar-refractivity contribution in [3.05, 3.63) is 47.2 Å². The normalized spacial score (nSPS) is 13.6. The average molecular weight is 328 g/mol. The molecule has 0 bridgehead atoms. The first-order chi connectivity index (χ1) is 11.7. The van der Waals surface area contributed by atoms with E-state index in [4.69, 9.17) is 5.73 Å². The van der Waals surface area contributed by atoms with Crippen LogP contribution in [0.1, 0.15) is 72.1 Å². The second-order valence-electron chi connectivity index (χ2n) is 6.34. The summed E-state index contributed by atoms with van der Waals surface area (Å²) in [6, 6.07) is 7.00. The zero-order chi connectivity index (χ0) is 17.2. The quantitative estimate of drug-likeness (QED) is 0.609. The first-order valence-corrected chi connectivity index (χ1v) is 9.07. The average Bonchev–Trinajstić information content (AvgIpc) is 2.60. The fraction of sp³-hybridized carbons (Fsp3) is 0.500. The summed E-state index contributed by atoms with van der Waals surface area (Å²) in [4.78, 5) is 24.4. The molecule has 130 valence electrons. The van der Waals surface area contributed by atoms with E-state index in [0.717, 1.165) is 32.4 Å². The Kier molecular flexibility index (Phi) is 7.69. The molecule has 1 aromatic rings. The molecule has 0 radical (unpaired) electrons. The molecule has 24 heavy (non-hydrogen) atoms. The van der Waals surface area contributed by atoms with Crippen molar-refractivity contribution in [2.24, 2.45) is 5.73 Å². The smallest absolute Gasteiger partial charge is 0.209 e. The molecular weight excluding hydrogens is 300 g/mol. The minimum Gasteiger partial charge on any atom is -0.382 e. The minimum atomic E-state index is -0.0924. The molecule has 0 aliphatic heterocycles. The van der Waals surface area contributed by atoms with E-state index in [2.05, 4.69) is 5.32 Å². The Balaban J connectivity index is 1.63. The second-order valence-corrected chi connectivity index (χ2v) is 6.34. The highest BCUT2D eigenvalue weighted by Gasteiger charge is 2.24. The number of rotatable bonds is 11. The molecule has 0 spiro atoms. The van der Waals surface area contributed by atoms with Crippen molar-refractivity contribution >= 4 is 11.6 Å². The number of carbonyl (C=O) groups excluding carboxylic acids is 2. The Labute approximate surface area is 144 Å². The van der Waals surface area contributed by atoms with Crippen molar-refractivity contribution < 1.29 is 9.59 Å². The monoisotopic (exact) mass is 328 g/mol. The van der Waals surface area contributed by atoms with E-state index < -0.39 is 0 Å². The number of hydrogen-bond acceptors (Lipinski definition) is 4. The minimum absolute atomic E-state index is 0.0786. The summed E-state index contributed by atoms with van der Waals surface area (Å²) in [6.07, 6.45) is 11.0. The highest BCUT2D eigenvalue weighted by atomic mass is 16.1. The number of allylic oxidation sites excluding steroid dienone is 2. The maximum atomic E-state index is 12.4. The van der Waals surface area contributed by atoms with Gasteiger partial charge in [-0.3, -0.25) is 9.59 Å². The van der Waals surface area contributed by atoms with Crippen molar-refractivity contribution in [2.45, 2.75) is 51.4 Å². The van der Waals surface area contributed by atoms with Crippen LogP contribution in [0.15, 0.2) is 36.0 Å². The first kappa shape index (κ1) is 18.4. The van der Waals surface area contributed by atoms with Crippen LogP contribution in [-0.4, -0.2) is 24.7 Å². The molecule has 0 unspecified atom stereocenters. The van der Waals surface area contributed by atoms with Crippen LogP contribution in [0.2, 0.25) is 0 Å². The largest absolute Gasteiger partial charge is 0.382 e. The molecule has 1 aliphatic rings. The SMILES string of the molecule is NCCCCCCCCCCNC1=CC(=O)c2ccccc2C1=O. The molecule has 3 N–H and O–H groups in total. The van der Waals surface area contributed by atoms with Crippen molar-refractivity contribution in [1.29, 1.82) is 0 Å². The molecule has 0 aromatic heterocycles. The number of nitrogens with two attached hydrogens (primary N) is 1. The van der Waals surface area contributed by atoms with Gasteiger partial charge < -0.3 is 11.1 Å². The van der Waals surface area contributed by atoms with Gasteiger partial charge in [-0.25, -0.2) is 0 Å². The Morgan fingerprint density at radius 3 is 2.04 bits per heavy atom. The summed E-state index contributed by atoms with van der Waals surface area (Å²) in [7, 11) is 0. The lowest BCUT2D eigenvalue weighted by atomic mass is 9.93. The van der Waals surface area contributed by atoms with Crippen LogP contribution in [0, 0.1) is 0 Å². The van der Waals surface area contributed by atoms with Crippen LogP contribution in [0.5, 0.6) is 0 Å². The summed E-state index contributed by atoms with van der Waals surface area (Å²) in [5.41, 5.74) is 6.91. The Hall–Kier alpha value is -1.94. The van der Waals surface area contributed by atoms with E-state index in [1.807, 2.05) is 0 Å². The number of unbranched alkanes of at least 4 members (excludes halogenated alkanes) is 7. The summed E-state index contributed by atoms with van der Waals surface area (Å²) in [5.74, 6) is -0.171. The molecule has 0 heterocycles. The lowest BCUT2D eigenvalue weighted by Crippen LogP contribution is -2.27. The molecule has 0 atom stereocenters. The number of ketones is 2. The zero-order valence-corrected chi connectivity index (χ0v) is 14.4. The first-order valence-electron chi connectivity index (χ1n) is 9.07. The molecule has 1 aliphatic carbocycles. The number of hydrogen-bond donors (Lipinski definition) is 2. The van der Waals surface area contributed by atoms with Gasteiger partial charge in [0.1, 0.15) is 0 Å². The van der Waals surface area contributed by atoms with Crippen LogP contribution in [-0.2, 0) is 0 Å². The maximum Gasteiger partial charge on any atom is 0.209 e. The Bertz CT molecular complexity index is 593. The summed E-state index contributed by atoms with van der Waals surface area (Å²) < 4.78 is 0. The van der Waals surface area contributed by atoms with Gasteiger partial charge in [-0.05, 0) is 19.4 Å². The third-order valence-electron chi connectivity index (χ3n) is 4.40. The predicted octanol–water partition coefficient (Wildman–Crippen LogP) is 3.62. The molecule has 0 saturated carbocycles. The van der Waals surface area contributed by atoms with Gasteiger partial charge in [0, 0.05) is 23.7 Å². The highest BCUT2D eigenvalue weighted by molar-refractivity contribution is 6.24. The number of Topliss-reactive ketones (excluding diaryl/α,β-unsaturated/α-hetero) is 1. The molecule has 0 fully saturated rings. The van der Waals surface area contributed by atoms with E-state index in [1.54, 1.807) is 24.3 Å². The number of carbonyl (C=O) groups is 2. The van der Waals surface area contributed by atoms with Gasteiger partial charge in [0.15, 0.2) is 5.78 Å². The molecule has 0 saturated heterocycles. The van der Waals surface area contributed by atoms with Crippen molar-refractivity contribution in [2.75, 3.05) is 13.1 Å². The van der Waals surface area contributed by atoms with E-state index in [9.17, 15) is 9.59 Å². The van der Waals surface area contributed by atoms with Gasteiger partial charge in [0.05, 0.1) is 5.70 Å². The molecule has 0 amide bonds. The lowest BCUT2D eigenvalue weighted by molar-refractivity contribution is 0.0978. The molecule has 1 aromatic carbocycles. The second kappa shape index (κ2) is 10.0. The van der Waals surface area contributed by atoms with Crippen LogP contribution in [0.3, 0.4) is 0 Å². The number of benzene rings is 1. The van der Waals surface area contributed by atoms with Crippen LogP contribution >= 0.6 is 0 Å². The van der Waals surface area contributed by atoms with E-state index >= 15 is 0 Å². The van der Waals surface area contributed by atoms with Gasteiger partial charge in [-0.2, -0.15) is 0 Å². The van der Waals surface area contributed by atoms with Crippen molar-refractivity contribution in [1.82, 2.24) is 5.32 Å². The van der Waals surface area contributed by atoms with Gasteiger partial charge in [-0.1, -0.05) is 62.8 Å². The Morgan fingerprint density at radius 2 is 1.38 bits per heavy atom. The third-order valence-corrected chi connectivity index (χ3v) is 4.40. The molecule has 4 heteroatoms.